The molecule has 0 N–H and O–H groups in total. The molecular weight excluding hydrogens is 254 g/mol. The molecule has 1 aliphatic rings. The van der Waals surface area contributed by atoms with Crippen molar-refractivity contribution in [1.82, 2.24) is 4.90 Å². The first-order valence-corrected chi connectivity index (χ1v) is 7.26. The first-order chi connectivity index (χ1) is 7.29. The number of amides is 1. The Kier molecular flexibility index (Phi) is 6.30. The average molecular weight is 276 g/mol. The van der Waals surface area contributed by atoms with Gasteiger partial charge in [0.1, 0.15) is 0 Å². The molecule has 0 atom stereocenters. The van der Waals surface area contributed by atoms with Crippen LogP contribution < -0.4 is 0 Å². The maximum Gasteiger partial charge on any atom is 0.225 e. The average Bonchev–Trinajstić information content (AvgIpc) is 2.76. The van der Waals surface area contributed by atoms with E-state index < -0.39 is 0 Å². The van der Waals surface area contributed by atoms with Crippen molar-refractivity contribution in [2.75, 3.05) is 18.4 Å². The SMILES string of the molecule is CCCCN(CCBr)C(=O)C1CCCC1. The van der Waals surface area contributed by atoms with Gasteiger partial charge in [0.25, 0.3) is 0 Å². The fraction of sp³-hybridized carbons (Fsp3) is 0.917. The molecule has 1 saturated carbocycles. The first kappa shape index (κ1) is 13.0. The molecule has 1 aliphatic carbocycles. The van der Waals surface area contributed by atoms with Gasteiger partial charge in [0.2, 0.25) is 5.91 Å². The minimum Gasteiger partial charge on any atom is -0.342 e. The van der Waals surface area contributed by atoms with Crippen LogP contribution in [0.25, 0.3) is 0 Å². The molecule has 0 spiro atoms. The molecule has 15 heavy (non-hydrogen) atoms. The quantitative estimate of drug-likeness (QED) is 0.682. The van der Waals surface area contributed by atoms with E-state index in [2.05, 4.69) is 22.9 Å². The number of hydrogen-bond donors (Lipinski definition) is 0. The summed E-state index contributed by atoms with van der Waals surface area (Å²) in [5.41, 5.74) is 0. The minimum atomic E-state index is 0.334. The topological polar surface area (TPSA) is 20.3 Å². The van der Waals surface area contributed by atoms with Gasteiger partial charge in [0, 0.05) is 24.3 Å². The van der Waals surface area contributed by atoms with E-state index in [0.717, 1.165) is 44.1 Å². The van der Waals surface area contributed by atoms with Crippen molar-refractivity contribution in [2.24, 2.45) is 5.92 Å². The molecule has 0 radical (unpaired) electrons. The summed E-state index contributed by atoms with van der Waals surface area (Å²) in [7, 11) is 0. The zero-order valence-corrected chi connectivity index (χ0v) is 11.3. The summed E-state index contributed by atoms with van der Waals surface area (Å²) in [6, 6.07) is 0. The molecule has 0 aromatic rings. The first-order valence-electron chi connectivity index (χ1n) is 6.14. The van der Waals surface area contributed by atoms with Crippen LogP contribution in [-0.2, 0) is 4.79 Å². The maximum atomic E-state index is 12.1. The van der Waals surface area contributed by atoms with Gasteiger partial charge in [-0.05, 0) is 19.3 Å². The lowest BCUT2D eigenvalue weighted by Crippen LogP contribution is -2.37. The molecule has 0 bridgehead atoms. The summed E-state index contributed by atoms with van der Waals surface area (Å²) in [5, 5.41) is 0.898. The van der Waals surface area contributed by atoms with Crippen molar-refractivity contribution >= 4 is 21.8 Å². The number of alkyl halides is 1. The molecule has 0 heterocycles. The fourth-order valence-electron chi connectivity index (χ4n) is 2.21. The summed E-state index contributed by atoms with van der Waals surface area (Å²) in [5.74, 6) is 0.737. The van der Waals surface area contributed by atoms with Gasteiger partial charge in [-0.2, -0.15) is 0 Å². The van der Waals surface area contributed by atoms with E-state index in [9.17, 15) is 4.79 Å². The van der Waals surface area contributed by atoms with Crippen LogP contribution in [-0.4, -0.2) is 29.2 Å². The summed E-state index contributed by atoms with van der Waals surface area (Å²) in [6.07, 6.45) is 7.01. The van der Waals surface area contributed by atoms with Crippen molar-refractivity contribution < 1.29 is 4.79 Å². The summed E-state index contributed by atoms with van der Waals surface area (Å²) < 4.78 is 0. The van der Waals surface area contributed by atoms with Gasteiger partial charge in [-0.25, -0.2) is 0 Å². The third kappa shape index (κ3) is 4.13. The van der Waals surface area contributed by atoms with Gasteiger partial charge in [0.15, 0.2) is 0 Å². The lowest BCUT2D eigenvalue weighted by Gasteiger charge is -2.24. The van der Waals surface area contributed by atoms with E-state index in [1.54, 1.807) is 0 Å². The second kappa shape index (κ2) is 7.26. The highest BCUT2D eigenvalue weighted by atomic mass is 79.9. The second-order valence-corrected chi connectivity index (χ2v) is 5.14. The number of nitrogens with zero attached hydrogens (tertiary/aromatic N) is 1. The van der Waals surface area contributed by atoms with Crippen LogP contribution in [0.3, 0.4) is 0 Å². The van der Waals surface area contributed by atoms with Gasteiger partial charge >= 0.3 is 0 Å². The van der Waals surface area contributed by atoms with Crippen molar-refractivity contribution in [3.63, 3.8) is 0 Å². The van der Waals surface area contributed by atoms with Crippen LogP contribution in [0.1, 0.15) is 45.4 Å². The Bertz CT molecular complexity index is 190. The Balaban J connectivity index is 2.41. The highest BCUT2D eigenvalue weighted by molar-refractivity contribution is 9.09. The number of hydrogen-bond acceptors (Lipinski definition) is 1. The molecule has 0 saturated heterocycles. The number of carbonyl (C=O) groups excluding carboxylic acids is 1. The van der Waals surface area contributed by atoms with Crippen LogP contribution in [0.5, 0.6) is 0 Å². The molecule has 3 heteroatoms. The monoisotopic (exact) mass is 275 g/mol. The smallest absolute Gasteiger partial charge is 0.225 e. The van der Waals surface area contributed by atoms with Crippen molar-refractivity contribution in [3.8, 4) is 0 Å². The van der Waals surface area contributed by atoms with Crippen molar-refractivity contribution in [2.45, 2.75) is 45.4 Å². The number of halogens is 1. The molecule has 88 valence electrons. The lowest BCUT2D eigenvalue weighted by atomic mass is 10.1. The standard InChI is InChI=1S/C12H22BrNO/c1-2-3-9-14(10-8-13)12(15)11-6-4-5-7-11/h11H,2-10H2,1H3. The second-order valence-electron chi connectivity index (χ2n) is 4.35. The predicted molar refractivity (Wildman–Crippen MR) is 67.2 cm³/mol. The van der Waals surface area contributed by atoms with Gasteiger partial charge in [-0.15, -0.1) is 0 Å². The molecule has 0 aliphatic heterocycles. The van der Waals surface area contributed by atoms with Crippen LogP contribution in [0, 0.1) is 5.92 Å². The summed E-state index contributed by atoms with van der Waals surface area (Å²) >= 11 is 3.42. The highest BCUT2D eigenvalue weighted by Crippen LogP contribution is 2.26. The van der Waals surface area contributed by atoms with Crippen molar-refractivity contribution in [1.29, 1.82) is 0 Å². The highest BCUT2D eigenvalue weighted by Gasteiger charge is 2.26. The Hall–Kier alpha value is -0.0500. The van der Waals surface area contributed by atoms with E-state index in [4.69, 9.17) is 0 Å². The van der Waals surface area contributed by atoms with Crippen LogP contribution in [0.15, 0.2) is 0 Å². The molecule has 1 rings (SSSR count). The van der Waals surface area contributed by atoms with Crippen LogP contribution in [0.2, 0.25) is 0 Å². The van der Waals surface area contributed by atoms with E-state index in [1.165, 1.54) is 12.8 Å². The number of rotatable bonds is 6. The zero-order valence-electron chi connectivity index (χ0n) is 9.67. The third-order valence-corrected chi connectivity index (χ3v) is 3.51. The van der Waals surface area contributed by atoms with Gasteiger partial charge in [0.05, 0.1) is 0 Å². The van der Waals surface area contributed by atoms with Gasteiger partial charge in [-0.3, -0.25) is 4.79 Å². The molecule has 0 aromatic heterocycles. The Morgan fingerprint density at radius 2 is 2.00 bits per heavy atom. The summed E-state index contributed by atoms with van der Waals surface area (Å²) in [6.45, 7) is 3.99. The maximum absolute atomic E-state index is 12.1. The Morgan fingerprint density at radius 1 is 1.33 bits per heavy atom. The molecule has 0 unspecified atom stereocenters. The van der Waals surface area contributed by atoms with E-state index >= 15 is 0 Å². The van der Waals surface area contributed by atoms with E-state index in [0.29, 0.717) is 11.8 Å². The minimum absolute atomic E-state index is 0.334. The van der Waals surface area contributed by atoms with Crippen molar-refractivity contribution in [3.05, 3.63) is 0 Å². The molecule has 0 aromatic carbocycles. The zero-order chi connectivity index (χ0) is 11.1. The van der Waals surface area contributed by atoms with E-state index in [-0.39, 0.29) is 0 Å². The van der Waals surface area contributed by atoms with Crippen LogP contribution >= 0.6 is 15.9 Å². The predicted octanol–water partition coefficient (Wildman–Crippen LogP) is 3.20. The van der Waals surface area contributed by atoms with E-state index in [1.807, 2.05) is 4.90 Å². The molecule has 1 amide bonds. The molecule has 2 nitrogen and oxygen atoms in total. The lowest BCUT2D eigenvalue weighted by molar-refractivity contribution is -0.135. The normalized spacial score (nSPS) is 16.9. The Morgan fingerprint density at radius 3 is 2.53 bits per heavy atom. The van der Waals surface area contributed by atoms with Crippen LogP contribution in [0.4, 0.5) is 0 Å². The molecular formula is C12H22BrNO. The largest absolute Gasteiger partial charge is 0.342 e. The fourth-order valence-corrected chi connectivity index (χ4v) is 2.64. The third-order valence-electron chi connectivity index (χ3n) is 3.15. The Labute approximate surface area is 102 Å². The van der Waals surface area contributed by atoms with Gasteiger partial charge < -0.3 is 4.90 Å². The number of carbonyl (C=O) groups is 1. The van der Waals surface area contributed by atoms with Gasteiger partial charge in [-0.1, -0.05) is 42.1 Å². The summed E-state index contributed by atoms with van der Waals surface area (Å²) in [4.78, 5) is 14.2. The number of unbranched alkanes of at least 4 members (excludes halogenated alkanes) is 1. The molecule has 1 fully saturated rings.